The molecule has 0 aromatic heterocycles. The molecule has 2 aliphatic carbocycles. The maximum atomic E-state index is 12.3. The first kappa shape index (κ1) is 18.0. The normalized spacial score (nSPS) is 27.0. The zero-order valence-corrected chi connectivity index (χ0v) is 15.9. The molecule has 3 rings (SSSR count). The number of hydrogen-bond donors (Lipinski definition) is 0. The van der Waals surface area contributed by atoms with E-state index in [1.807, 2.05) is 12.1 Å². The van der Waals surface area contributed by atoms with Crippen LogP contribution in [0.5, 0.6) is 0 Å². The van der Waals surface area contributed by atoms with E-state index in [4.69, 9.17) is 9.47 Å². The topological polar surface area (TPSA) is 52.6 Å². The average molecular weight is 344 g/mol. The molecule has 2 aliphatic rings. The largest absolute Gasteiger partial charge is 0.465 e. The Labute approximate surface area is 149 Å². The van der Waals surface area contributed by atoms with Crippen molar-refractivity contribution in [1.29, 1.82) is 0 Å². The molecule has 0 N–H and O–H groups in total. The lowest BCUT2D eigenvalue weighted by Crippen LogP contribution is -2.48. The van der Waals surface area contributed by atoms with Gasteiger partial charge in [-0.25, -0.2) is 9.59 Å². The highest BCUT2D eigenvalue weighted by Crippen LogP contribution is 2.57. The summed E-state index contributed by atoms with van der Waals surface area (Å²) in [4.78, 5) is 24.5. The van der Waals surface area contributed by atoms with Crippen LogP contribution in [-0.4, -0.2) is 26.2 Å². The molecule has 4 heteroatoms. The van der Waals surface area contributed by atoms with Gasteiger partial charge < -0.3 is 9.47 Å². The Morgan fingerprint density at radius 3 is 2.20 bits per heavy atom. The number of hydrogen-bond acceptors (Lipinski definition) is 4. The van der Waals surface area contributed by atoms with Gasteiger partial charge in [-0.2, -0.15) is 0 Å². The third-order valence-electron chi connectivity index (χ3n) is 6.60. The summed E-state index contributed by atoms with van der Waals surface area (Å²) in [6.45, 7) is 7.06. The fraction of sp³-hybridized carbons (Fsp3) is 0.619. The Morgan fingerprint density at radius 2 is 1.60 bits per heavy atom. The summed E-state index contributed by atoms with van der Waals surface area (Å²) in [7, 11) is 2.68. The van der Waals surface area contributed by atoms with Gasteiger partial charge >= 0.3 is 11.9 Å². The molecule has 0 unspecified atom stereocenters. The number of esters is 2. The molecule has 2 atom stereocenters. The van der Waals surface area contributed by atoms with Crippen LogP contribution in [0.4, 0.5) is 0 Å². The molecule has 0 spiro atoms. The van der Waals surface area contributed by atoms with E-state index in [9.17, 15) is 9.59 Å². The number of benzene rings is 1. The standard InChI is InChI=1S/C21H28O4/c1-20(2)9-6-10-21(3)16-12-15(19(23)25-5)14(18(22)24-4)11-13(16)7-8-17(20)21/h11-12,17H,6-10H2,1-5H3/t17-,21+/m0/s1. The van der Waals surface area contributed by atoms with Gasteiger partial charge in [0.25, 0.3) is 0 Å². The van der Waals surface area contributed by atoms with Crippen molar-refractivity contribution in [3.05, 3.63) is 34.4 Å². The molecule has 4 nitrogen and oxygen atoms in total. The summed E-state index contributed by atoms with van der Waals surface area (Å²) < 4.78 is 9.81. The first-order chi connectivity index (χ1) is 11.7. The van der Waals surface area contributed by atoms with Crippen molar-refractivity contribution in [2.24, 2.45) is 11.3 Å². The van der Waals surface area contributed by atoms with E-state index in [2.05, 4.69) is 20.8 Å². The Morgan fingerprint density at radius 1 is 1.00 bits per heavy atom. The van der Waals surface area contributed by atoms with E-state index in [0.29, 0.717) is 17.0 Å². The SMILES string of the molecule is COC(=O)c1cc2c(cc1C(=O)OC)[C@@]1(C)CCCC(C)(C)[C@@H]1CC2. The fourth-order valence-electron chi connectivity index (χ4n) is 5.39. The minimum absolute atomic E-state index is 0.0345. The number of rotatable bonds is 2. The lowest BCUT2D eigenvalue weighted by molar-refractivity contribution is 0.0402. The molecule has 0 heterocycles. The summed E-state index contributed by atoms with van der Waals surface area (Å²) in [5.41, 5.74) is 3.34. The molecule has 136 valence electrons. The lowest BCUT2D eigenvalue weighted by atomic mass is 9.50. The summed E-state index contributed by atoms with van der Waals surface area (Å²) in [5, 5.41) is 0. The van der Waals surface area contributed by atoms with Gasteiger partial charge in [0, 0.05) is 0 Å². The predicted octanol–water partition coefficient (Wildman–Crippen LogP) is 4.29. The van der Waals surface area contributed by atoms with Gasteiger partial charge in [0.1, 0.15) is 0 Å². The van der Waals surface area contributed by atoms with Crippen LogP contribution in [0.25, 0.3) is 0 Å². The van der Waals surface area contributed by atoms with Crippen molar-refractivity contribution in [3.63, 3.8) is 0 Å². The Bertz CT molecular complexity index is 719. The molecule has 1 fully saturated rings. The minimum Gasteiger partial charge on any atom is -0.465 e. The van der Waals surface area contributed by atoms with Gasteiger partial charge in [-0.1, -0.05) is 27.2 Å². The van der Waals surface area contributed by atoms with Crippen molar-refractivity contribution in [2.45, 2.75) is 58.3 Å². The summed E-state index contributed by atoms with van der Waals surface area (Å²) >= 11 is 0. The van der Waals surface area contributed by atoms with Crippen LogP contribution in [0.2, 0.25) is 0 Å². The fourth-order valence-corrected chi connectivity index (χ4v) is 5.39. The number of methoxy groups -OCH3 is 2. The summed E-state index contributed by atoms with van der Waals surface area (Å²) in [6.07, 6.45) is 5.60. The van der Waals surface area contributed by atoms with Crippen LogP contribution in [0, 0.1) is 11.3 Å². The molecule has 1 aromatic rings. The monoisotopic (exact) mass is 344 g/mol. The van der Waals surface area contributed by atoms with Crippen LogP contribution in [0.1, 0.15) is 78.3 Å². The molecular weight excluding hydrogens is 316 g/mol. The molecule has 0 aliphatic heterocycles. The molecule has 0 saturated heterocycles. The average Bonchev–Trinajstić information content (AvgIpc) is 2.58. The number of aryl methyl sites for hydroxylation is 1. The third-order valence-corrected chi connectivity index (χ3v) is 6.60. The second kappa shape index (κ2) is 6.15. The second-order valence-corrected chi connectivity index (χ2v) is 8.39. The Kier molecular flexibility index (Phi) is 4.42. The van der Waals surface area contributed by atoms with Crippen LogP contribution >= 0.6 is 0 Å². The van der Waals surface area contributed by atoms with Crippen molar-refractivity contribution in [3.8, 4) is 0 Å². The highest BCUT2D eigenvalue weighted by atomic mass is 16.5. The van der Waals surface area contributed by atoms with E-state index in [1.54, 1.807) is 0 Å². The number of carbonyl (C=O) groups excluding carboxylic acids is 2. The molecule has 0 radical (unpaired) electrons. The van der Waals surface area contributed by atoms with Gasteiger partial charge in [0.05, 0.1) is 25.3 Å². The predicted molar refractivity (Wildman–Crippen MR) is 95.9 cm³/mol. The van der Waals surface area contributed by atoms with E-state index in [1.165, 1.54) is 38.2 Å². The molecule has 0 bridgehead atoms. The van der Waals surface area contributed by atoms with E-state index in [0.717, 1.165) is 19.3 Å². The smallest absolute Gasteiger partial charge is 0.338 e. The quantitative estimate of drug-likeness (QED) is 0.751. The molecule has 1 aromatic carbocycles. The highest BCUT2D eigenvalue weighted by molar-refractivity contribution is 6.03. The van der Waals surface area contributed by atoms with E-state index >= 15 is 0 Å². The molecule has 25 heavy (non-hydrogen) atoms. The van der Waals surface area contributed by atoms with Crippen molar-refractivity contribution in [1.82, 2.24) is 0 Å². The summed E-state index contributed by atoms with van der Waals surface area (Å²) in [5.74, 6) is -0.390. The second-order valence-electron chi connectivity index (χ2n) is 8.39. The van der Waals surface area contributed by atoms with Crippen LogP contribution in [0.15, 0.2) is 12.1 Å². The van der Waals surface area contributed by atoms with Gasteiger partial charge in [-0.05, 0) is 65.7 Å². The third kappa shape index (κ3) is 2.76. The van der Waals surface area contributed by atoms with Crippen molar-refractivity contribution in [2.75, 3.05) is 14.2 Å². The zero-order chi connectivity index (χ0) is 18.4. The Hall–Kier alpha value is -1.84. The molecular formula is C21H28O4. The van der Waals surface area contributed by atoms with Crippen LogP contribution < -0.4 is 0 Å². The first-order valence-electron chi connectivity index (χ1n) is 9.08. The van der Waals surface area contributed by atoms with Gasteiger partial charge in [0.15, 0.2) is 0 Å². The van der Waals surface area contributed by atoms with Crippen molar-refractivity contribution >= 4 is 11.9 Å². The molecule has 0 amide bonds. The van der Waals surface area contributed by atoms with Crippen LogP contribution in [0.3, 0.4) is 0 Å². The van der Waals surface area contributed by atoms with E-state index in [-0.39, 0.29) is 10.8 Å². The zero-order valence-electron chi connectivity index (χ0n) is 15.9. The summed E-state index contributed by atoms with van der Waals surface area (Å²) in [6, 6.07) is 3.76. The number of fused-ring (bicyclic) bond motifs is 3. The number of carbonyl (C=O) groups is 2. The Balaban J connectivity index is 2.19. The van der Waals surface area contributed by atoms with Gasteiger partial charge in [-0.3, -0.25) is 0 Å². The van der Waals surface area contributed by atoms with Crippen LogP contribution in [-0.2, 0) is 21.3 Å². The maximum absolute atomic E-state index is 12.3. The molecule has 1 saturated carbocycles. The first-order valence-corrected chi connectivity index (χ1v) is 9.08. The van der Waals surface area contributed by atoms with Crippen molar-refractivity contribution < 1.29 is 19.1 Å². The minimum atomic E-state index is -0.487. The highest BCUT2D eigenvalue weighted by Gasteiger charge is 2.50. The lowest BCUT2D eigenvalue weighted by Gasteiger charge is -2.54. The van der Waals surface area contributed by atoms with E-state index < -0.39 is 11.9 Å². The van der Waals surface area contributed by atoms with Gasteiger partial charge in [0.2, 0.25) is 0 Å². The number of ether oxygens (including phenoxy) is 2. The van der Waals surface area contributed by atoms with Gasteiger partial charge in [-0.15, -0.1) is 0 Å². The maximum Gasteiger partial charge on any atom is 0.338 e.